The van der Waals surface area contributed by atoms with Gasteiger partial charge in [-0.05, 0) is 51.5 Å². The number of carbonyl (C=O) groups is 4. The molecule has 176 valence electrons. The van der Waals surface area contributed by atoms with Crippen LogP contribution in [-0.2, 0) is 19.1 Å². The number of amides is 3. The molecule has 0 spiro atoms. The third-order valence-electron chi connectivity index (χ3n) is 4.04. The van der Waals surface area contributed by atoms with Crippen molar-refractivity contribution in [3.63, 3.8) is 0 Å². The fraction of sp³-hybridized carbons (Fsp3) is 0.476. The van der Waals surface area contributed by atoms with Crippen molar-refractivity contribution in [2.45, 2.75) is 52.2 Å². The van der Waals surface area contributed by atoms with Gasteiger partial charge in [0, 0.05) is 31.3 Å². The molecular weight excluding hydrogens is 418 g/mol. The molecule has 1 saturated heterocycles. The third kappa shape index (κ3) is 9.45. The van der Waals surface area contributed by atoms with E-state index < -0.39 is 29.6 Å². The monoisotopic (exact) mass is 449 g/mol. The predicted molar refractivity (Wildman–Crippen MR) is 119 cm³/mol. The van der Waals surface area contributed by atoms with E-state index in [1.807, 2.05) is 0 Å². The van der Waals surface area contributed by atoms with Crippen molar-refractivity contribution in [1.29, 1.82) is 5.41 Å². The minimum atomic E-state index is -0.833. The molecule has 0 aromatic heterocycles. The smallest absolute Gasteiger partial charge is 0.315 e. The van der Waals surface area contributed by atoms with Gasteiger partial charge in [-0.2, -0.15) is 0 Å². The minimum Gasteiger partial charge on any atom is -0.481 e. The Hall–Kier alpha value is -3.63. The molecule has 3 amide bonds. The lowest BCUT2D eigenvalue weighted by atomic mass is 10.2. The van der Waals surface area contributed by atoms with Crippen molar-refractivity contribution in [3.05, 3.63) is 29.8 Å². The van der Waals surface area contributed by atoms with Crippen molar-refractivity contribution in [3.8, 4) is 0 Å². The molecule has 1 aromatic carbocycles. The van der Waals surface area contributed by atoms with E-state index in [9.17, 15) is 14.4 Å². The molecule has 11 nitrogen and oxygen atoms in total. The number of hydrogen-bond acceptors (Lipinski definition) is 6. The number of anilines is 1. The predicted octanol–water partition coefficient (Wildman–Crippen LogP) is 1.20. The van der Waals surface area contributed by atoms with Crippen molar-refractivity contribution in [1.82, 2.24) is 10.6 Å². The Balaban J connectivity index is 0.00000118. The number of esters is 1. The number of carboxylic acid groups (broad SMARTS) is 1. The lowest BCUT2D eigenvalue weighted by Gasteiger charge is -2.19. The minimum absolute atomic E-state index is 0.0399. The summed E-state index contributed by atoms with van der Waals surface area (Å²) < 4.78 is 5.16. The second-order valence-corrected chi connectivity index (χ2v) is 8.05. The lowest BCUT2D eigenvalue weighted by Crippen LogP contribution is -2.46. The molecule has 2 rings (SSSR count). The molecule has 0 bridgehead atoms. The number of amidine groups is 1. The first-order valence-electron chi connectivity index (χ1n) is 10.0. The van der Waals surface area contributed by atoms with E-state index in [2.05, 4.69) is 10.6 Å². The van der Waals surface area contributed by atoms with Crippen LogP contribution in [-0.4, -0.2) is 59.6 Å². The summed E-state index contributed by atoms with van der Waals surface area (Å²) in [6.45, 7) is 7.00. The Morgan fingerprint density at radius 2 is 1.81 bits per heavy atom. The number of rotatable bonds is 6. The van der Waals surface area contributed by atoms with Crippen molar-refractivity contribution < 1.29 is 29.0 Å². The van der Waals surface area contributed by atoms with Crippen LogP contribution < -0.4 is 21.3 Å². The zero-order chi connectivity index (χ0) is 24.5. The maximum atomic E-state index is 12.5. The van der Waals surface area contributed by atoms with E-state index in [1.54, 1.807) is 49.9 Å². The molecule has 1 fully saturated rings. The topological polar surface area (TPSA) is 175 Å². The van der Waals surface area contributed by atoms with Gasteiger partial charge in [-0.15, -0.1) is 0 Å². The number of nitrogens with two attached hydrogens (primary N) is 1. The van der Waals surface area contributed by atoms with Gasteiger partial charge >= 0.3 is 12.0 Å². The summed E-state index contributed by atoms with van der Waals surface area (Å²) >= 11 is 0. The van der Waals surface area contributed by atoms with Crippen LogP contribution in [0.2, 0.25) is 0 Å². The zero-order valence-electron chi connectivity index (χ0n) is 18.7. The van der Waals surface area contributed by atoms with E-state index in [0.29, 0.717) is 24.2 Å². The van der Waals surface area contributed by atoms with Gasteiger partial charge in [0.1, 0.15) is 17.5 Å². The van der Waals surface area contributed by atoms with Gasteiger partial charge in [-0.25, -0.2) is 4.79 Å². The third-order valence-corrected chi connectivity index (χ3v) is 4.04. The highest BCUT2D eigenvalue weighted by Gasteiger charge is 2.33. The van der Waals surface area contributed by atoms with Gasteiger partial charge in [-0.3, -0.25) is 19.8 Å². The van der Waals surface area contributed by atoms with Gasteiger partial charge in [0.2, 0.25) is 5.91 Å². The van der Waals surface area contributed by atoms with E-state index in [-0.39, 0.29) is 24.7 Å². The number of hydrogen-bond donors (Lipinski definition) is 5. The summed E-state index contributed by atoms with van der Waals surface area (Å²) in [7, 11) is 0. The van der Waals surface area contributed by atoms with E-state index in [1.165, 1.54) is 0 Å². The molecule has 1 aliphatic heterocycles. The van der Waals surface area contributed by atoms with Crippen LogP contribution >= 0.6 is 0 Å². The fourth-order valence-electron chi connectivity index (χ4n) is 2.77. The first-order chi connectivity index (χ1) is 14.8. The maximum Gasteiger partial charge on any atom is 0.315 e. The number of carboxylic acids is 1. The van der Waals surface area contributed by atoms with Crippen LogP contribution in [0.25, 0.3) is 0 Å². The van der Waals surface area contributed by atoms with Crippen LogP contribution in [0.3, 0.4) is 0 Å². The molecule has 1 atom stereocenters. The second-order valence-electron chi connectivity index (χ2n) is 8.05. The molecule has 11 heteroatoms. The second kappa shape index (κ2) is 11.7. The van der Waals surface area contributed by atoms with Crippen molar-refractivity contribution in [2.24, 2.45) is 5.73 Å². The van der Waals surface area contributed by atoms with Crippen LogP contribution in [0.1, 0.15) is 46.1 Å². The number of urea groups is 1. The van der Waals surface area contributed by atoms with E-state index >= 15 is 0 Å². The number of ether oxygens (including phenoxy) is 1. The quantitative estimate of drug-likeness (QED) is 0.246. The molecule has 1 heterocycles. The molecule has 1 aromatic rings. The zero-order valence-corrected chi connectivity index (χ0v) is 18.7. The SMILES string of the molecule is CC(=O)O.CC(C)(C)OC(=O)CCNC(=O)N[C@H]1CCN(c2ccc(C(=N)N)cc2)C1=O. The summed E-state index contributed by atoms with van der Waals surface area (Å²) in [6, 6.07) is 5.66. The Kier molecular flexibility index (Phi) is 9.64. The molecular formula is C21H31N5O6. The maximum absolute atomic E-state index is 12.5. The van der Waals surface area contributed by atoms with Gasteiger partial charge < -0.3 is 31.1 Å². The normalized spacial score (nSPS) is 15.3. The van der Waals surface area contributed by atoms with Crippen molar-refractivity contribution >= 4 is 35.4 Å². The number of benzene rings is 1. The largest absolute Gasteiger partial charge is 0.481 e. The summed E-state index contributed by atoms with van der Waals surface area (Å²) in [5.41, 5.74) is 6.12. The van der Waals surface area contributed by atoms with Crippen molar-refractivity contribution in [2.75, 3.05) is 18.0 Å². The fourth-order valence-corrected chi connectivity index (χ4v) is 2.77. The lowest BCUT2D eigenvalue weighted by molar-refractivity contribution is -0.154. The first-order valence-corrected chi connectivity index (χ1v) is 10.0. The highest BCUT2D eigenvalue weighted by Crippen LogP contribution is 2.22. The summed E-state index contributed by atoms with van der Waals surface area (Å²) in [6.07, 6.45) is 0.532. The van der Waals surface area contributed by atoms with Gasteiger partial charge in [-0.1, -0.05) is 0 Å². The molecule has 0 radical (unpaired) electrons. The molecule has 0 unspecified atom stereocenters. The summed E-state index contributed by atoms with van der Waals surface area (Å²) in [4.78, 5) is 46.7. The van der Waals surface area contributed by atoms with Gasteiger partial charge in [0.25, 0.3) is 5.97 Å². The molecule has 6 N–H and O–H groups in total. The number of nitrogens with zero attached hydrogens (tertiary/aromatic N) is 1. The standard InChI is InChI=1S/C19H27N5O4.C2H4O2/c1-19(2,3)28-15(25)8-10-22-18(27)23-14-9-11-24(17(14)26)13-6-4-12(5-7-13)16(20)21;1-2(3)4/h4-7,14H,8-11H2,1-3H3,(H3,20,21)(H2,22,23,27);1H3,(H,3,4)/t14-;/m0./s1. The molecule has 1 aliphatic rings. The Labute approximate surface area is 186 Å². The summed E-state index contributed by atoms with van der Waals surface area (Å²) in [5.74, 6) is -1.48. The van der Waals surface area contributed by atoms with Crippen LogP contribution in [0.5, 0.6) is 0 Å². The van der Waals surface area contributed by atoms with Gasteiger partial charge in [0.15, 0.2) is 0 Å². The Morgan fingerprint density at radius 3 is 2.31 bits per heavy atom. The number of nitrogens with one attached hydrogen (secondary N) is 3. The van der Waals surface area contributed by atoms with E-state index in [4.69, 9.17) is 25.8 Å². The molecule has 0 aliphatic carbocycles. The Bertz CT molecular complexity index is 843. The highest BCUT2D eigenvalue weighted by atomic mass is 16.6. The highest BCUT2D eigenvalue weighted by molar-refractivity contribution is 6.02. The average Bonchev–Trinajstić information content (AvgIpc) is 3.00. The van der Waals surface area contributed by atoms with Gasteiger partial charge in [0.05, 0.1) is 6.42 Å². The molecule has 0 saturated carbocycles. The first kappa shape index (κ1) is 26.4. The Morgan fingerprint density at radius 1 is 1.25 bits per heavy atom. The summed E-state index contributed by atoms with van der Waals surface area (Å²) in [5, 5.41) is 20.0. The van der Waals surface area contributed by atoms with E-state index in [0.717, 1.165) is 6.92 Å². The van der Waals surface area contributed by atoms with Crippen LogP contribution in [0, 0.1) is 5.41 Å². The number of carbonyl (C=O) groups excluding carboxylic acids is 3. The number of nitrogen functional groups attached to an aromatic ring is 1. The van der Waals surface area contributed by atoms with Crippen LogP contribution in [0.15, 0.2) is 24.3 Å². The number of aliphatic carboxylic acids is 1. The van der Waals surface area contributed by atoms with Crippen LogP contribution in [0.4, 0.5) is 10.5 Å². The molecule has 32 heavy (non-hydrogen) atoms. The average molecular weight is 450 g/mol.